The van der Waals surface area contributed by atoms with Crippen LogP contribution < -0.4 is 9.47 Å². The van der Waals surface area contributed by atoms with Crippen molar-refractivity contribution in [1.29, 1.82) is 0 Å². The van der Waals surface area contributed by atoms with Gasteiger partial charge in [-0.2, -0.15) is 0 Å². The fraction of sp³-hybridized carbons (Fsp3) is 0.250. The number of methoxy groups -OCH3 is 2. The first-order valence-electron chi connectivity index (χ1n) is 7.08. The van der Waals surface area contributed by atoms with Gasteiger partial charge >= 0.3 is 11.9 Å². The van der Waals surface area contributed by atoms with Gasteiger partial charge in [0.15, 0.2) is 6.10 Å². The van der Waals surface area contributed by atoms with Gasteiger partial charge in [0.1, 0.15) is 16.4 Å². The molecule has 0 bridgehead atoms. The van der Waals surface area contributed by atoms with E-state index in [9.17, 15) is 19.7 Å². The van der Waals surface area contributed by atoms with Gasteiger partial charge in [0.05, 0.1) is 25.8 Å². The summed E-state index contributed by atoms with van der Waals surface area (Å²) in [4.78, 5) is 34.2. The van der Waals surface area contributed by atoms with Gasteiger partial charge in [-0.15, -0.1) is 0 Å². The van der Waals surface area contributed by atoms with E-state index in [-0.39, 0.29) is 17.1 Å². The Morgan fingerprint density at radius 3 is 2.44 bits per heavy atom. The van der Waals surface area contributed by atoms with E-state index in [0.717, 1.165) is 12.1 Å². The van der Waals surface area contributed by atoms with Crippen molar-refractivity contribution < 1.29 is 33.1 Å². The highest BCUT2D eigenvalue weighted by Gasteiger charge is 2.26. The Balaban J connectivity index is 2.14. The molecule has 1 aromatic heterocycles. The van der Waals surface area contributed by atoms with Crippen molar-refractivity contribution in [3.05, 3.63) is 51.8 Å². The molecule has 2 rings (SSSR count). The minimum Gasteiger partial charge on any atom is -0.497 e. The number of rotatable bonds is 7. The SMILES string of the molecule is COc1ccc(C(=O)C(C)OC(=O)c2ccc([N+](=O)[O-])o2)c(OC)c1. The van der Waals surface area contributed by atoms with Crippen LogP contribution in [-0.4, -0.2) is 37.0 Å². The van der Waals surface area contributed by atoms with Crippen molar-refractivity contribution in [2.45, 2.75) is 13.0 Å². The van der Waals surface area contributed by atoms with E-state index in [1.54, 1.807) is 6.07 Å². The lowest BCUT2D eigenvalue weighted by Crippen LogP contribution is -2.24. The number of ether oxygens (including phenoxy) is 3. The van der Waals surface area contributed by atoms with Crippen molar-refractivity contribution in [3.8, 4) is 11.5 Å². The molecular weight excluding hydrogens is 334 g/mol. The Bertz CT molecular complexity index is 810. The molecule has 0 amide bonds. The highest BCUT2D eigenvalue weighted by atomic mass is 16.7. The number of hydrogen-bond donors (Lipinski definition) is 0. The summed E-state index contributed by atoms with van der Waals surface area (Å²) in [7, 11) is 2.87. The van der Waals surface area contributed by atoms with E-state index in [2.05, 4.69) is 0 Å². The number of Topliss-reactive ketones (excluding diaryl/α,β-unsaturated/α-hetero) is 1. The first kappa shape index (κ1) is 18.0. The van der Waals surface area contributed by atoms with Crippen LogP contribution in [0.4, 0.5) is 5.88 Å². The molecule has 0 spiro atoms. The first-order valence-corrected chi connectivity index (χ1v) is 7.08. The van der Waals surface area contributed by atoms with Crippen LogP contribution >= 0.6 is 0 Å². The molecular formula is C16H15NO8. The van der Waals surface area contributed by atoms with Crippen LogP contribution in [0.15, 0.2) is 34.7 Å². The van der Waals surface area contributed by atoms with Crippen LogP contribution in [0.1, 0.15) is 27.8 Å². The summed E-state index contributed by atoms with van der Waals surface area (Å²) < 4.78 is 19.9. The number of benzene rings is 1. The molecule has 9 heteroatoms. The summed E-state index contributed by atoms with van der Waals surface area (Å²) in [6.45, 7) is 1.38. The number of nitro groups is 1. The molecule has 0 saturated carbocycles. The normalized spacial score (nSPS) is 11.5. The van der Waals surface area contributed by atoms with E-state index in [0.29, 0.717) is 5.75 Å². The molecule has 0 aliphatic heterocycles. The molecule has 1 aromatic carbocycles. The molecule has 1 atom stereocenters. The van der Waals surface area contributed by atoms with E-state index < -0.39 is 28.7 Å². The van der Waals surface area contributed by atoms with Gasteiger partial charge in [0.2, 0.25) is 11.5 Å². The van der Waals surface area contributed by atoms with E-state index >= 15 is 0 Å². The van der Waals surface area contributed by atoms with Crippen molar-refractivity contribution in [1.82, 2.24) is 0 Å². The fourth-order valence-electron chi connectivity index (χ4n) is 2.03. The first-order chi connectivity index (χ1) is 11.9. The minimum absolute atomic E-state index is 0.203. The quantitative estimate of drug-likeness (QED) is 0.324. The third kappa shape index (κ3) is 3.94. The Morgan fingerprint density at radius 2 is 1.88 bits per heavy atom. The molecule has 0 aliphatic rings. The summed E-state index contributed by atoms with van der Waals surface area (Å²) in [5.41, 5.74) is 0.203. The molecule has 9 nitrogen and oxygen atoms in total. The summed E-state index contributed by atoms with van der Waals surface area (Å²) in [6, 6.07) is 6.71. The van der Waals surface area contributed by atoms with Gasteiger partial charge in [-0.25, -0.2) is 4.79 Å². The summed E-state index contributed by atoms with van der Waals surface area (Å²) in [5, 5.41) is 10.6. The number of carbonyl (C=O) groups excluding carboxylic acids is 2. The van der Waals surface area contributed by atoms with Crippen molar-refractivity contribution >= 4 is 17.6 Å². The van der Waals surface area contributed by atoms with Gasteiger partial charge in [-0.1, -0.05) is 0 Å². The second-order valence-corrected chi connectivity index (χ2v) is 4.87. The van der Waals surface area contributed by atoms with Crippen molar-refractivity contribution in [2.24, 2.45) is 0 Å². The average Bonchev–Trinajstić information content (AvgIpc) is 3.11. The lowest BCUT2D eigenvalue weighted by Gasteiger charge is -2.14. The van der Waals surface area contributed by atoms with E-state index in [1.165, 1.54) is 33.3 Å². The van der Waals surface area contributed by atoms with Gasteiger partial charge < -0.3 is 18.6 Å². The second kappa shape index (κ2) is 7.47. The molecule has 0 saturated heterocycles. The lowest BCUT2D eigenvalue weighted by atomic mass is 10.1. The largest absolute Gasteiger partial charge is 0.497 e. The zero-order chi connectivity index (χ0) is 18.6. The molecule has 0 aliphatic carbocycles. The Hall–Kier alpha value is -3.36. The van der Waals surface area contributed by atoms with Crippen LogP contribution in [0.3, 0.4) is 0 Å². The number of ketones is 1. The molecule has 2 aromatic rings. The third-order valence-electron chi connectivity index (χ3n) is 3.30. The topological polar surface area (TPSA) is 118 Å². The molecule has 1 heterocycles. The van der Waals surface area contributed by atoms with Gasteiger partial charge in [-0.05, 0) is 25.1 Å². The minimum atomic E-state index is -1.15. The number of furan rings is 1. The molecule has 132 valence electrons. The number of carbonyl (C=O) groups is 2. The van der Waals surface area contributed by atoms with E-state index in [4.69, 9.17) is 18.6 Å². The van der Waals surface area contributed by atoms with Crippen molar-refractivity contribution in [3.63, 3.8) is 0 Å². The maximum atomic E-state index is 12.5. The average molecular weight is 349 g/mol. The Labute approximate surface area is 142 Å². The fourth-order valence-corrected chi connectivity index (χ4v) is 2.03. The Morgan fingerprint density at radius 1 is 1.16 bits per heavy atom. The molecule has 0 radical (unpaired) electrons. The van der Waals surface area contributed by atoms with E-state index in [1.807, 2.05) is 0 Å². The molecule has 0 fully saturated rings. The number of esters is 1. The van der Waals surface area contributed by atoms with Crippen LogP contribution in [-0.2, 0) is 4.74 Å². The highest BCUT2D eigenvalue weighted by Crippen LogP contribution is 2.26. The lowest BCUT2D eigenvalue weighted by molar-refractivity contribution is -0.402. The molecule has 0 N–H and O–H groups in total. The summed E-state index contributed by atoms with van der Waals surface area (Å²) in [5.74, 6) is -1.69. The van der Waals surface area contributed by atoms with Gasteiger partial charge in [0.25, 0.3) is 0 Å². The standard InChI is InChI=1S/C16H15NO8/c1-9(24-16(19)12-6-7-14(25-12)17(20)21)15(18)11-5-4-10(22-2)8-13(11)23-3/h4-9H,1-3H3. The zero-order valence-corrected chi connectivity index (χ0v) is 13.7. The van der Waals surface area contributed by atoms with Crippen LogP contribution in [0, 0.1) is 10.1 Å². The van der Waals surface area contributed by atoms with Crippen LogP contribution in [0.2, 0.25) is 0 Å². The predicted molar refractivity (Wildman–Crippen MR) is 84.1 cm³/mol. The highest BCUT2D eigenvalue weighted by molar-refractivity contribution is 6.03. The predicted octanol–water partition coefficient (Wildman–Crippen LogP) is 2.63. The third-order valence-corrected chi connectivity index (χ3v) is 3.30. The zero-order valence-electron chi connectivity index (χ0n) is 13.7. The number of nitrogens with zero attached hydrogens (tertiary/aromatic N) is 1. The number of hydrogen-bond acceptors (Lipinski definition) is 8. The van der Waals surface area contributed by atoms with Crippen LogP contribution in [0.25, 0.3) is 0 Å². The van der Waals surface area contributed by atoms with Gasteiger partial charge in [-0.3, -0.25) is 14.9 Å². The maximum Gasteiger partial charge on any atom is 0.433 e. The van der Waals surface area contributed by atoms with Gasteiger partial charge in [0, 0.05) is 6.07 Å². The summed E-state index contributed by atoms with van der Waals surface area (Å²) in [6.07, 6.45) is -1.15. The smallest absolute Gasteiger partial charge is 0.433 e. The maximum absolute atomic E-state index is 12.5. The summed E-state index contributed by atoms with van der Waals surface area (Å²) >= 11 is 0. The molecule has 25 heavy (non-hydrogen) atoms. The molecule has 1 unspecified atom stereocenters. The van der Waals surface area contributed by atoms with Crippen LogP contribution in [0.5, 0.6) is 11.5 Å². The Kier molecular flexibility index (Phi) is 5.38. The second-order valence-electron chi connectivity index (χ2n) is 4.87. The van der Waals surface area contributed by atoms with Crippen molar-refractivity contribution in [2.75, 3.05) is 14.2 Å². The monoisotopic (exact) mass is 349 g/mol.